The minimum absolute atomic E-state index is 0.181. The maximum atomic E-state index is 11.8. The lowest BCUT2D eigenvalue weighted by Gasteiger charge is -2.01. The van der Waals surface area contributed by atoms with Gasteiger partial charge in [-0.25, -0.2) is 0 Å². The zero-order valence-electron chi connectivity index (χ0n) is 9.84. The van der Waals surface area contributed by atoms with Gasteiger partial charge in [0, 0.05) is 18.9 Å². The van der Waals surface area contributed by atoms with E-state index in [4.69, 9.17) is 0 Å². The number of carbonyl (C=O) groups is 1. The summed E-state index contributed by atoms with van der Waals surface area (Å²) < 4.78 is 1.68. The summed E-state index contributed by atoms with van der Waals surface area (Å²) in [7, 11) is 1.81. The molecule has 0 saturated carbocycles. The lowest BCUT2D eigenvalue weighted by atomic mass is 10.3. The van der Waals surface area contributed by atoms with Crippen LogP contribution in [0, 0.1) is 6.92 Å². The van der Waals surface area contributed by atoms with E-state index in [9.17, 15) is 4.79 Å². The number of nitrogens with one attached hydrogen (secondary N) is 1. The van der Waals surface area contributed by atoms with Crippen LogP contribution in [0.1, 0.15) is 21.9 Å². The molecule has 0 radical (unpaired) electrons. The zero-order chi connectivity index (χ0) is 12.3. The lowest BCUT2D eigenvalue weighted by Crippen LogP contribution is -2.23. The van der Waals surface area contributed by atoms with Crippen molar-refractivity contribution >= 4 is 5.91 Å². The van der Waals surface area contributed by atoms with E-state index in [1.807, 2.05) is 32.2 Å². The number of amides is 1. The first-order chi connectivity index (χ1) is 8.16. The topological polar surface area (TPSA) is 59.8 Å². The number of nitrogens with zero attached hydrogens (tertiary/aromatic N) is 3. The number of aromatic nitrogens is 3. The fourth-order valence-corrected chi connectivity index (χ4v) is 1.44. The number of hydrogen-bond donors (Lipinski definition) is 1. The van der Waals surface area contributed by atoms with E-state index in [-0.39, 0.29) is 5.91 Å². The summed E-state index contributed by atoms with van der Waals surface area (Å²) in [4.78, 5) is 15.9. The monoisotopic (exact) mass is 230 g/mol. The van der Waals surface area contributed by atoms with Gasteiger partial charge in [-0.3, -0.25) is 14.5 Å². The van der Waals surface area contributed by atoms with Crippen molar-refractivity contribution in [1.29, 1.82) is 0 Å². The molecule has 0 bridgehead atoms. The summed E-state index contributed by atoms with van der Waals surface area (Å²) in [6, 6.07) is 7.35. The molecule has 1 amide bonds. The molecule has 88 valence electrons. The van der Waals surface area contributed by atoms with Gasteiger partial charge in [0.15, 0.2) is 0 Å². The van der Waals surface area contributed by atoms with Crippen LogP contribution in [0.3, 0.4) is 0 Å². The highest BCUT2D eigenvalue weighted by Gasteiger charge is 2.10. The molecule has 0 aliphatic carbocycles. The maximum absolute atomic E-state index is 11.8. The molecule has 5 nitrogen and oxygen atoms in total. The van der Waals surface area contributed by atoms with E-state index in [1.54, 1.807) is 16.9 Å². The average molecular weight is 230 g/mol. The van der Waals surface area contributed by atoms with E-state index in [2.05, 4.69) is 15.4 Å². The number of pyridine rings is 1. The number of carbonyl (C=O) groups excluding carboxylic acids is 1. The molecule has 0 aromatic carbocycles. The van der Waals surface area contributed by atoms with Gasteiger partial charge in [0.25, 0.3) is 5.91 Å². The normalized spacial score (nSPS) is 10.2. The molecule has 0 aliphatic rings. The fourth-order valence-electron chi connectivity index (χ4n) is 1.44. The molecule has 2 aromatic rings. The first-order valence-electron chi connectivity index (χ1n) is 5.35. The van der Waals surface area contributed by atoms with Gasteiger partial charge in [0.1, 0.15) is 5.69 Å². The minimum Gasteiger partial charge on any atom is -0.345 e. The van der Waals surface area contributed by atoms with Crippen molar-refractivity contribution in [3.63, 3.8) is 0 Å². The van der Waals surface area contributed by atoms with Gasteiger partial charge in [-0.1, -0.05) is 6.07 Å². The second-order valence-corrected chi connectivity index (χ2v) is 3.80. The third-order valence-electron chi connectivity index (χ3n) is 2.50. The van der Waals surface area contributed by atoms with Crippen LogP contribution in [-0.4, -0.2) is 20.7 Å². The van der Waals surface area contributed by atoms with Gasteiger partial charge >= 0.3 is 0 Å². The Balaban J connectivity index is 1.98. The Morgan fingerprint density at radius 2 is 2.29 bits per heavy atom. The Kier molecular flexibility index (Phi) is 3.18. The van der Waals surface area contributed by atoms with Crippen LogP contribution in [0.15, 0.2) is 30.5 Å². The molecule has 2 rings (SSSR count). The molecule has 2 aromatic heterocycles. The predicted octanol–water partition coefficient (Wildman–Crippen LogP) is 1.05. The fraction of sp³-hybridized carbons (Fsp3) is 0.250. The molecular formula is C12H14N4O. The van der Waals surface area contributed by atoms with Crippen molar-refractivity contribution in [3.05, 3.63) is 47.5 Å². The van der Waals surface area contributed by atoms with E-state index < -0.39 is 0 Å². The number of aryl methyl sites for hydroxylation is 2. The number of rotatable bonds is 3. The standard InChI is InChI=1S/C12H14N4O/c1-9-7-11(15-16(9)2)12(17)14-8-10-5-3-4-6-13-10/h3-7H,8H2,1-2H3,(H,14,17). The van der Waals surface area contributed by atoms with Crippen molar-refractivity contribution in [2.75, 3.05) is 0 Å². The molecule has 2 heterocycles. The first kappa shape index (κ1) is 11.3. The average Bonchev–Trinajstić information content (AvgIpc) is 2.68. The molecule has 5 heteroatoms. The predicted molar refractivity (Wildman–Crippen MR) is 63.4 cm³/mol. The molecule has 0 saturated heterocycles. The van der Waals surface area contributed by atoms with Crippen LogP contribution in [0.25, 0.3) is 0 Å². The Labute approximate surface area is 99.5 Å². The lowest BCUT2D eigenvalue weighted by molar-refractivity contribution is 0.0944. The molecule has 0 aliphatic heterocycles. The van der Waals surface area contributed by atoms with Gasteiger partial charge in [-0.2, -0.15) is 5.10 Å². The summed E-state index contributed by atoms with van der Waals surface area (Å²) in [6.45, 7) is 2.32. The largest absolute Gasteiger partial charge is 0.345 e. The van der Waals surface area contributed by atoms with Gasteiger partial charge in [-0.15, -0.1) is 0 Å². The summed E-state index contributed by atoms with van der Waals surface area (Å²) in [5.41, 5.74) is 2.21. The second kappa shape index (κ2) is 4.78. The third-order valence-corrected chi connectivity index (χ3v) is 2.50. The van der Waals surface area contributed by atoms with Crippen LogP contribution in [0.4, 0.5) is 0 Å². The van der Waals surface area contributed by atoms with Crippen molar-refractivity contribution in [3.8, 4) is 0 Å². The van der Waals surface area contributed by atoms with Crippen molar-refractivity contribution in [1.82, 2.24) is 20.1 Å². The van der Waals surface area contributed by atoms with Crippen molar-refractivity contribution in [2.45, 2.75) is 13.5 Å². The molecule has 0 fully saturated rings. The van der Waals surface area contributed by atoms with Crippen molar-refractivity contribution in [2.24, 2.45) is 7.05 Å². The van der Waals surface area contributed by atoms with Gasteiger partial charge < -0.3 is 5.32 Å². The molecule has 0 atom stereocenters. The Morgan fingerprint density at radius 3 is 2.88 bits per heavy atom. The Bertz CT molecular complexity index is 499. The van der Waals surface area contributed by atoms with Gasteiger partial charge in [0.05, 0.1) is 12.2 Å². The highest BCUT2D eigenvalue weighted by Crippen LogP contribution is 2.01. The SMILES string of the molecule is Cc1cc(C(=O)NCc2ccccn2)nn1C. The van der Waals surface area contributed by atoms with E-state index in [0.29, 0.717) is 12.2 Å². The van der Waals surface area contributed by atoms with E-state index >= 15 is 0 Å². The second-order valence-electron chi connectivity index (χ2n) is 3.80. The molecule has 0 unspecified atom stereocenters. The van der Waals surface area contributed by atoms with Crippen LogP contribution >= 0.6 is 0 Å². The van der Waals surface area contributed by atoms with E-state index in [1.165, 1.54) is 0 Å². The maximum Gasteiger partial charge on any atom is 0.272 e. The smallest absolute Gasteiger partial charge is 0.272 e. The minimum atomic E-state index is -0.181. The first-order valence-corrected chi connectivity index (χ1v) is 5.35. The van der Waals surface area contributed by atoms with Crippen molar-refractivity contribution < 1.29 is 4.79 Å². The van der Waals surface area contributed by atoms with Gasteiger partial charge in [0.2, 0.25) is 0 Å². The summed E-state index contributed by atoms with van der Waals surface area (Å²) >= 11 is 0. The Morgan fingerprint density at radius 1 is 1.47 bits per heavy atom. The van der Waals surface area contributed by atoms with Crippen LogP contribution in [0.2, 0.25) is 0 Å². The summed E-state index contributed by atoms with van der Waals surface area (Å²) in [5.74, 6) is -0.181. The zero-order valence-corrected chi connectivity index (χ0v) is 9.84. The molecule has 17 heavy (non-hydrogen) atoms. The summed E-state index contributed by atoms with van der Waals surface area (Å²) in [6.07, 6.45) is 1.70. The molecule has 1 N–H and O–H groups in total. The third kappa shape index (κ3) is 2.69. The van der Waals surface area contributed by atoms with Gasteiger partial charge in [-0.05, 0) is 25.1 Å². The summed E-state index contributed by atoms with van der Waals surface area (Å²) in [5, 5.41) is 6.89. The van der Waals surface area contributed by atoms with Crippen LogP contribution in [-0.2, 0) is 13.6 Å². The van der Waals surface area contributed by atoms with Crippen LogP contribution in [0.5, 0.6) is 0 Å². The quantitative estimate of drug-likeness (QED) is 0.857. The number of hydrogen-bond acceptors (Lipinski definition) is 3. The molecular weight excluding hydrogens is 216 g/mol. The van der Waals surface area contributed by atoms with Crippen LogP contribution < -0.4 is 5.32 Å². The highest BCUT2D eigenvalue weighted by atomic mass is 16.1. The molecule has 0 spiro atoms. The Hall–Kier alpha value is -2.17. The highest BCUT2D eigenvalue weighted by molar-refractivity contribution is 5.92. The van der Waals surface area contributed by atoms with E-state index in [0.717, 1.165) is 11.4 Å².